The zero-order valence-corrected chi connectivity index (χ0v) is 10.0. The summed E-state index contributed by atoms with van der Waals surface area (Å²) in [6.45, 7) is 7.62. The fourth-order valence-corrected chi connectivity index (χ4v) is 2.04. The molecule has 0 saturated carbocycles. The lowest BCUT2D eigenvalue weighted by molar-refractivity contribution is 0.00254. The van der Waals surface area contributed by atoms with Gasteiger partial charge in [0.2, 0.25) is 0 Å². The first-order valence-electron chi connectivity index (χ1n) is 5.68. The molecule has 0 aromatic carbocycles. The van der Waals surface area contributed by atoms with Crippen molar-refractivity contribution in [2.24, 2.45) is 0 Å². The van der Waals surface area contributed by atoms with Crippen LogP contribution in [0, 0.1) is 6.92 Å². The van der Waals surface area contributed by atoms with Gasteiger partial charge in [-0.2, -0.15) is 0 Å². The summed E-state index contributed by atoms with van der Waals surface area (Å²) in [4.78, 5) is 25.2. The number of hydrogen-bond donors (Lipinski definition) is 1. The molecule has 2 heterocycles. The van der Waals surface area contributed by atoms with Gasteiger partial charge < -0.3 is 4.74 Å². The number of aromatic nitrogens is 2. The number of aromatic amines is 1. The largest absolute Gasteiger partial charge is 0.350 e. The number of aryl methyl sites for hydroxylation is 1. The molecule has 5 heteroatoms. The Balaban J connectivity index is 2.37. The molecule has 92 valence electrons. The van der Waals surface area contributed by atoms with E-state index in [1.807, 2.05) is 6.92 Å². The van der Waals surface area contributed by atoms with E-state index < -0.39 is 5.69 Å². The van der Waals surface area contributed by atoms with E-state index in [2.05, 4.69) is 11.6 Å². The summed E-state index contributed by atoms with van der Waals surface area (Å²) in [5.74, 6) is 0. The van der Waals surface area contributed by atoms with Crippen LogP contribution in [0.25, 0.3) is 0 Å². The van der Waals surface area contributed by atoms with Gasteiger partial charge in [-0.25, -0.2) is 4.79 Å². The van der Waals surface area contributed by atoms with E-state index in [1.54, 1.807) is 6.92 Å². The van der Waals surface area contributed by atoms with E-state index in [4.69, 9.17) is 4.74 Å². The molecule has 2 rings (SSSR count). The first-order valence-corrected chi connectivity index (χ1v) is 5.68. The number of nitrogens with one attached hydrogen (secondary N) is 1. The van der Waals surface area contributed by atoms with Crippen molar-refractivity contribution in [2.75, 3.05) is 0 Å². The molecule has 1 N–H and O–H groups in total. The third-order valence-corrected chi connectivity index (χ3v) is 3.04. The monoisotopic (exact) mass is 236 g/mol. The van der Waals surface area contributed by atoms with Gasteiger partial charge in [-0.1, -0.05) is 13.5 Å². The highest BCUT2D eigenvalue weighted by Gasteiger charge is 2.29. The maximum atomic E-state index is 11.7. The summed E-state index contributed by atoms with van der Waals surface area (Å²) in [7, 11) is 0. The van der Waals surface area contributed by atoms with Gasteiger partial charge >= 0.3 is 5.69 Å². The van der Waals surface area contributed by atoms with Crippen molar-refractivity contribution in [1.29, 1.82) is 0 Å². The molecule has 0 spiro atoms. The third-order valence-electron chi connectivity index (χ3n) is 3.04. The maximum absolute atomic E-state index is 11.7. The lowest BCUT2D eigenvalue weighted by Crippen LogP contribution is -2.33. The SMILES string of the molecule is C=C1CC(n2cc(C)c(=O)[nH]c2=O)OC1CC. The molecule has 1 aromatic heterocycles. The Kier molecular flexibility index (Phi) is 3.02. The molecule has 0 aliphatic carbocycles. The molecule has 17 heavy (non-hydrogen) atoms. The molecule has 0 bridgehead atoms. The first-order chi connectivity index (χ1) is 8.02. The molecular weight excluding hydrogens is 220 g/mol. The Hall–Kier alpha value is -1.62. The second-order valence-corrected chi connectivity index (χ2v) is 4.33. The smallest absolute Gasteiger partial charge is 0.330 e. The summed E-state index contributed by atoms with van der Waals surface area (Å²) in [5, 5.41) is 0. The van der Waals surface area contributed by atoms with E-state index in [0.717, 1.165) is 12.0 Å². The van der Waals surface area contributed by atoms with Crippen LogP contribution in [-0.2, 0) is 4.74 Å². The Morgan fingerprint density at radius 1 is 1.59 bits per heavy atom. The standard InChI is InChI=1S/C12H16N2O3/c1-4-9-7(2)5-10(17-9)14-6-8(3)11(15)13-12(14)16/h6,9-10H,2,4-5H2,1,3H3,(H,13,15,16). The molecule has 0 amide bonds. The quantitative estimate of drug-likeness (QED) is 0.782. The third kappa shape index (κ3) is 2.10. The number of H-pyrrole nitrogens is 1. The van der Waals surface area contributed by atoms with Crippen molar-refractivity contribution in [3.63, 3.8) is 0 Å². The summed E-state index contributed by atoms with van der Waals surface area (Å²) >= 11 is 0. The fraction of sp³-hybridized carbons (Fsp3) is 0.500. The average molecular weight is 236 g/mol. The van der Waals surface area contributed by atoms with Gasteiger partial charge in [0.15, 0.2) is 0 Å². The first kappa shape index (κ1) is 11.9. The van der Waals surface area contributed by atoms with Gasteiger partial charge in [-0.05, 0) is 18.9 Å². The summed E-state index contributed by atoms with van der Waals surface area (Å²) < 4.78 is 7.15. The number of hydrogen-bond acceptors (Lipinski definition) is 3. The normalized spacial score (nSPS) is 24.2. The lowest BCUT2D eigenvalue weighted by atomic mass is 10.1. The topological polar surface area (TPSA) is 64.1 Å². The second-order valence-electron chi connectivity index (χ2n) is 4.33. The number of ether oxygens (including phenoxy) is 1. The molecular formula is C12H16N2O3. The molecule has 2 atom stereocenters. The van der Waals surface area contributed by atoms with E-state index >= 15 is 0 Å². The predicted molar refractivity (Wildman–Crippen MR) is 64.0 cm³/mol. The van der Waals surface area contributed by atoms with Crippen molar-refractivity contribution < 1.29 is 4.74 Å². The predicted octanol–water partition coefficient (Wildman–Crippen LogP) is 1.10. The summed E-state index contributed by atoms with van der Waals surface area (Å²) in [6.07, 6.45) is 2.64. The molecule has 0 radical (unpaired) electrons. The van der Waals surface area contributed by atoms with E-state index in [-0.39, 0.29) is 17.9 Å². The highest BCUT2D eigenvalue weighted by molar-refractivity contribution is 5.09. The van der Waals surface area contributed by atoms with E-state index in [9.17, 15) is 9.59 Å². The van der Waals surface area contributed by atoms with Gasteiger partial charge in [0, 0.05) is 18.2 Å². The Morgan fingerprint density at radius 2 is 2.29 bits per heavy atom. The maximum Gasteiger partial charge on any atom is 0.330 e. The molecule has 1 aromatic rings. The van der Waals surface area contributed by atoms with Crippen LogP contribution in [0.5, 0.6) is 0 Å². The van der Waals surface area contributed by atoms with Gasteiger partial charge in [-0.15, -0.1) is 0 Å². The van der Waals surface area contributed by atoms with Crippen LogP contribution in [0.4, 0.5) is 0 Å². The zero-order chi connectivity index (χ0) is 12.6. The number of nitrogens with zero attached hydrogens (tertiary/aromatic N) is 1. The summed E-state index contributed by atoms with van der Waals surface area (Å²) in [5.41, 5.74) is 0.706. The lowest BCUT2D eigenvalue weighted by Gasteiger charge is -2.14. The molecule has 1 aliphatic heterocycles. The number of rotatable bonds is 2. The Bertz CT molecular complexity index is 556. The fourth-order valence-electron chi connectivity index (χ4n) is 2.04. The van der Waals surface area contributed by atoms with Gasteiger partial charge in [0.25, 0.3) is 5.56 Å². The van der Waals surface area contributed by atoms with Gasteiger partial charge in [0.05, 0.1) is 6.10 Å². The van der Waals surface area contributed by atoms with E-state index in [0.29, 0.717) is 12.0 Å². The molecule has 5 nitrogen and oxygen atoms in total. The van der Waals surface area contributed by atoms with Gasteiger partial charge in [0.1, 0.15) is 6.23 Å². The highest BCUT2D eigenvalue weighted by atomic mass is 16.5. The van der Waals surface area contributed by atoms with E-state index in [1.165, 1.54) is 10.8 Å². The highest BCUT2D eigenvalue weighted by Crippen LogP contribution is 2.32. The van der Waals surface area contributed by atoms with Crippen LogP contribution in [0.1, 0.15) is 31.6 Å². The van der Waals surface area contributed by atoms with Crippen molar-refractivity contribution in [1.82, 2.24) is 9.55 Å². The minimum Gasteiger partial charge on any atom is -0.350 e. The minimum atomic E-state index is -0.435. The summed E-state index contributed by atoms with van der Waals surface area (Å²) in [6, 6.07) is 0. The molecule has 1 fully saturated rings. The van der Waals surface area contributed by atoms with Crippen LogP contribution >= 0.6 is 0 Å². The van der Waals surface area contributed by atoms with Crippen molar-refractivity contribution >= 4 is 0 Å². The van der Waals surface area contributed by atoms with Crippen LogP contribution < -0.4 is 11.2 Å². The van der Waals surface area contributed by atoms with Crippen LogP contribution in [0.2, 0.25) is 0 Å². The van der Waals surface area contributed by atoms with Crippen LogP contribution in [0.3, 0.4) is 0 Å². The Labute approximate surface area is 98.7 Å². The average Bonchev–Trinajstić information content (AvgIpc) is 2.65. The second kappa shape index (κ2) is 4.33. The van der Waals surface area contributed by atoms with Crippen molar-refractivity contribution in [2.45, 2.75) is 39.0 Å². The molecule has 2 unspecified atom stereocenters. The zero-order valence-electron chi connectivity index (χ0n) is 10.0. The van der Waals surface area contributed by atoms with Crippen molar-refractivity contribution in [3.05, 3.63) is 44.8 Å². The van der Waals surface area contributed by atoms with Crippen LogP contribution in [0.15, 0.2) is 27.9 Å². The molecule has 1 saturated heterocycles. The molecule has 1 aliphatic rings. The van der Waals surface area contributed by atoms with Crippen molar-refractivity contribution in [3.8, 4) is 0 Å². The van der Waals surface area contributed by atoms with Gasteiger partial charge in [-0.3, -0.25) is 14.3 Å². The minimum absolute atomic E-state index is 0.000802. The Morgan fingerprint density at radius 3 is 2.88 bits per heavy atom. The van der Waals surface area contributed by atoms with Crippen LogP contribution in [-0.4, -0.2) is 15.7 Å².